The summed E-state index contributed by atoms with van der Waals surface area (Å²) in [5.41, 5.74) is 0. The lowest BCUT2D eigenvalue weighted by molar-refractivity contribution is -0.129. The van der Waals surface area contributed by atoms with Crippen molar-refractivity contribution in [2.75, 3.05) is 0 Å². The number of nitrogens with one attached hydrogen (secondary N) is 1. The molecule has 21 heavy (non-hydrogen) atoms. The predicted octanol–water partition coefficient (Wildman–Crippen LogP) is 2.86. The summed E-state index contributed by atoms with van der Waals surface area (Å²) in [6.07, 6.45) is 1.13. The molecular formula is C15H14FNO3S. The Morgan fingerprint density at radius 2 is 2.14 bits per heavy atom. The van der Waals surface area contributed by atoms with Crippen LogP contribution >= 0.6 is 11.3 Å². The molecule has 0 spiro atoms. The number of carbonyl (C=O) groups is 2. The molecule has 0 unspecified atom stereocenters. The van der Waals surface area contributed by atoms with Gasteiger partial charge in [0, 0.05) is 10.7 Å². The Bertz CT molecular complexity index is 708. The number of carbonyl (C=O) groups excluding carboxylic acids is 2. The maximum absolute atomic E-state index is 13.1. The third-order valence-electron chi connectivity index (χ3n) is 3.26. The minimum Gasteiger partial charge on any atom is -0.448 e. The number of hydrogen-bond donors (Lipinski definition) is 1. The van der Waals surface area contributed by atoms with E-state index < -0.39 is 12.1 Å². The fourth-order valence-corrected chi connectivity index (χ4v) is 2.86. The van der Waals surface area contributed by atoms with Crippen LogP contribution in [0.4, 0.5) is 4.39 Å². The van der Waals surface area contributed by atoms with Gasteiger partial charge in [0.25, 0.3) is 5.91 Å². The molecule has 1 aromatic carbocycles. The molecule has 3 rings (SSSR count). The molecule has 1 amide bonds. The predicted molar refractivity (Wildman–Crippen MR) is 77.8 cm³/mol. The van der Waals surface area contributed by atoms with E-state index in [0.29, 0.717) is 10.3 Å². The van der Waals surface area contributed by atoms with E-state index in [2.05, 4.69) is 5.32 Å². The van der Waals surface area contributed by atoms with E-state index in [-0.39, 0.29) is 17.8 Å². The molecule has 1 aliphatic carbocycles. The van der Waals surface area contributed by atoms with Gasteiger partial charge >= 0.3 is 5.97 Å². The first-order chi connectivity index (χ1) is 10.0. The van der Waals surface area contributed by atoms with Crippen molar-refractivity contribution in [3.05, 3.63) is 35.0 Å². The fraction of sp³-hybridized carbons (Fsp3) is 0.333. The molecule has 1 atom stereocenters. The molecular weight excluding hydrogens is 293 g/mol. The van der Waals surface area contributed by atoms with E-state index in [9.17, 15) is 14.0 Å². The van der Waals surface area contributed by atoms with Crippen LogP contribution in [0.1, 0.15) is 29.4 Å². The highest BCUT2D eigenvalue weighted by Gasteiger charge is 2.27. The maximum Gasteiger partial charge on any atom is 0.349 e. The van der Waals surface area contributed by atoms with E-state index in [1.54, 1.807) is 19.1 Å². The molecule has 1 fully saturated rings. The first kappa shape index (κ1) is 14.0. The summed E-state index contributed by atoms with van der Waals surface area (Å²) in [7, 11) is 0. The molecule has 0 radical (unpaired) electrons. The van der Waals surface area contributed by atoms with Crippen LogP contribution in [-0.4, -0.2) is 24.0 Å². The molecule has 6 heteroatoms. The molecule has 1 aromatic heterocycles. The van der Waals surface area contributed by atoms with E-state index in [1.807, 2.05) is 0 Å². The van der Waals surface area contributed by atoms with Crippen LogP contribution < -0.4 is 5.32 Å². The van der Waals surface area contributed by atoms with Crippen molar-refractivity contribution in [2.24, 2.45) is 0 Å². The van der Waals surface area contributed by atoms with Gasteiger partial charge in [0.2, 0.25) is 0 Å². The Morgan fingerprint density at radius 3 is 2.86 bits per heavy atom. The quantitative estimate of drug-likeness (QED) is 0.884. The number of ether oxygens (including phenoxy) is 1. The first-order valence-corrected chi connectivity index (χ1v) is 7.55. The Balaban J connectivity index is 1.69. The molecule has 0 bridgehead atoms. The summed E-state index contributed by atoms with van der Waals surface area (Å²) < 4.78 is 19.1. The molecule has 2 aromatic rings. The van der Waals surface area contributed by atoms with Crippen molar-refractivity contribution in [1.82, 2.24) is 5.32 Å². The van der Waals surface area contributed by atoms with E-state index in [1.165, 1.54) is 23.5 Å². The summed E-state index contributed by atoms with van der Waals surface area (Å²) in [5.74, 6) is -1.19. The number of benzene rings is 1. The topological polar surface area (TPSA) is 55.4 Å². The minimum absolute atomic E-state index is 0.228. The highest BCUT2D eigenvalue weighted by molar-refractivity contribution is 7.20. The van der Waals surface area contributed by atoms with Crippen LogP contribution in [0.3, 0.4) is 0 Å². The van der Waals surface area contributed by atoms with Gasteiger partial charge in [0.1, 0.15) is 10.7 Å². The molecule has 1 N–H and O–H groups in total. The zero-order valence-electron chi connectivity index (χ0n) is 11.4. The van der Waals surface area contributed by atoms with E-state index >= 15 is 0 Å². The highest BCUT2D eigenvalue weighted by atomic mass is 32.1. The summed E-state index contributed by atoms with van der Waals surface area (Å²) in [5, 5.41) is 3.44. The van der Waals surface area contributed by atoms with Crippen molar-refractivity contribution in [1.29, 1.82) is 0 Å². The number of fused-ring (bicyclic) bond motifs is 1. The summed E-state index contributed by atoms with van der Waals surface area (Å²) in [6.45, 7) is 1.54. The van der Waals surface area contributed by atoms with Crippen molar-refractivity contribution in [3.8, 4) is 0 Å². The van der Waals surface area contributed by atoms with Gasteiger partial charge in [-0.25, -0.2) is 9.18 Å². The Hall–Kier alpha value is -1.95. The lowest BCUT2D eigenvalue weighted by Crippen LogP contribution is -2.36. The number of hydrogen-bond acceptors (Lipinski definition) is 4. The number of esters is 1. The van der Waals surface area contributed by atoms with Crippen LogP contribution in [0, 0.1) is 5.82 Å². The van der Waals surface area contributed by atoms with Crippen molar-refractivity contribution in [3.63, 3.8) is 0 Å². The van der Waals surface area contributed by atoms with Crippen molar-refractivity contribution >= 4 is 33.3 Å². The van der Waals surface area contributed by atoms with E-state index in [0.717, 1.165) is 17.5 Å². The van der Waals surface area contributed by atoms with Crippen LogP contribution in [0.15, 0.2) is 24.3 Å². The van der Waals surface area contributed by atoms with Gasteiger partial charge in [-0.15, -0.1) is 11.3 Å². The fourth-order valence-electron chi connectivity index (χ4n) is 1.93. The van der Waals surface area contributed by atoms with Gasteiger partial charge in [-0.05, 0) is 49.4 Å². The Kier molecular flexibility index (Phi) is 3.63. The largest absolute Gasteiger partial charge is 0.448 e. The number of thiophene rings is 1. The zero-order valence-corrected chi connectivity index (χ0v) is 12.2. The smallest absolute Gasteiger partial charge is 0.349 e. The molecule has 1 aliphatic rings. The molecule has 0 saturated heterocycles. The van der Waals surface area contributed by atoms with E-state index in [4.69, 9.17) is 4.74 Å². The summed E-state index contributed by atoms with van der Waals surface area (Å²) in [4.78, 5) is 24.1. The second kappa shape index (κ2) is 5.44. The summed E-state index contributed by atoms with van der Waals surface area (Å²) in [6, 6.07) is 6.14. The first-order valence-electron chi connectivity index (χ1n) is 6.73. The van der Waals surface area contributed by atoms with Gasteiger partial charge in [-0.1, -0.05) is 0 Å². The number of halogens is 1. The lowest BCUT2D eigenvalue weighted by atomic mass is 10.2. The number of amides is 1. The van der Waals surface area contributed by atoms with Crippen LogP contribution in [0.25, 0.3) is 10.1 Å². The molecule has 110 valence electrons. The SMILES string of the molecule is C[C@H](OC(=O)c1cc2cc(F)ccc2s1)C(=O)NC1CC1. The monoisotopic (exact) mass is 307 g/mol. The molecule has 0 aliphatic heterocycles. The van der Waals surface area contributed by atoms with Crippen LogP contribution in [0.5, 0.6) is 0 Å². The molecule has 1 heterocycles. The maximum atomic E-state index is 13.1. The van der Waals surface area contributed by atoms with Crippen LogP contribution in [0.2, 0.25) is 0 Å². The standard InChI is InChI=1S/C15H14FNO3S/c1-8(14(18)17-11-3-4-11)20-15(19)13-7-9-6-10(16)2-5-12(9)21-13/h2,5-8,11H,3-4H2,1H3,(H,17,18)/t8-/m0/s1. The van der Waals surface area contributed by atoms with Gasteiger partial charge in [-0.2, -0.15) is 0 Å². The van der Waals surface area contributed by atoms with Gasteiger partial charge in [-0.3, -0.25) is 4.79 Å². The second-order valence-corrected chi connectivity index (χ2v) is 6.21. The normalized spacial score (nSPS) is 15.7. The highest BCUT2D eigenvalue weighted by Crippen LogP contribution is 2.27. The van der Waals surface area contributed by atoms with Crippen molar-refractivity contribution in [2.45, 2.75) is 31.9 Å². The van der Waals surface area contributed by atoms with Crippen LogP contribution in [-0.2, 0) is 9.53 Å². The lowest BCUT2D eigenvalue weighted by Gasteiger charge is -2.12. The number of rotatable bonds is 4. The van der Waals surface area contributed by atoms with Gasteiger partial charge in [0.05, 0.1) is 0 Å². The second-order valence-electron chi connectivity index (χ2n) is 5.12. The van der Waals surface area contributed by atoms with Crippen molar-refractivity contribution < 1.29 is 18.7 Å². The Labute approximate surface area is 124 Å². The third-order valence-corrected chi connectivity index (χ3v) is 4.35. The van der Waals surface area contributed by atoms with Gasteiger partial charge < -0.3 is 10.1 Å². The minimum atomic E-state index is -0.833. The molecule has 1 saturated carbocycles. The third kappa shape index (κ3) is 3.21. The average molecular weight is 307 g/mol. The molecule has 4 nitrogen and oxygen atoms in total. The zero-order chi connectivity index (χ0) is 15.0. The summed E-state index contributed by atoms with van der Waals surface area (Å²) >= 11 is 1.22. The van der Waals surface area contributed by atoms with Gasteiger partial charge in [0.15, 0.2) is 6.10 Å². The average Bonchev–Trinajstić information content (AvgIpc) is 3.14. The Morgan fingerprint density at radius 1 is 1.38 bits per heavy atom.